The molecule has 0 unspecified atom stereocenters. The van der Waals surface area contributed by atoms with Gasteiger partial charge in [-0.2, -0.15) is 4.31 Å². The van der Waals surface area contributed by atoms with Gasteiger partial charge in [-0.1, -0.05) is 19.1 Å². The average molecular weight is 471 g/mol. The first-order valence-corrected chi connectivity index (χ1v) is 12.7. The Labute approximate surface area is 193 Å². The largest absolute Gasteiger partial charge is 0.354 e. The zero-order chi connectivity index (χ0) is 23.4. The molecule has 33 heavy (non-hydrogen) atoms. The summed E-state index contributed by atoms with van der Waals surface area (Å²) in [6, 6.07) is 8.44. The maximum absolute atomic E-state index is 13.3. The second-order valence-electron chi connectivity index (χ2n) is 8.31. The molecule has 4 rings (SSSR count). The Morgan fingerprint density at radius 1 is 1.03 bits per heavy atom. The zero-order valence-corrected chi connectivity index (χ0v) is 19.5. The number of anilines is 1. The third kappa shape index (κ3) is 6.08. The zero-order valence-electron chi connectivity index (χ0n) is 18.7. The molecule has 1 aromatic carbocycles. The summed E-state index contributed by atoms with van der Waals surface area (Å²) in [7, 11) is -3.21. The van der Waals surface area contributed by atoms with Gasteiger partial charge in [0.15, 0.2) is 0 Å². The SMILES string of the molecule is C[C@H](Cc1nc(Cc2cnccn2)cc(N2CCN(S(C)(=O)=O)CC2)n1)c1ccc(F)cc1. The van der Waals surface area contributed by atoms with Crippen LogP contribution in [0.1, 0.15) is 35.6 Å². The number of aromatic nitrogens is 4. The molecule has 174 valence electrons. The third-order valence-electron chi connectivity index (χ3n) is 5.75. The highest BCUT2D eigenvalue weighted by Crippen LogP contribution is 2.23. The van der Waals surface area contributed by atoms with Crippen molar-refractivity contribution in [3.63, 3.8) is 0 Å². The minimum atomic E-state index is -3.21. The predicted molar refractivity (Wildman–Crippen MR) is 124 cm³/mol. The van der Waals surface area contributed by atoms with E-state index in [1.807, 2.05) is 6.07 Å². The van der Waals surface area contributed by atoms with Gasteiger partial charge in [-0.3, -0.25) is 9.97 Å². The van der Waals surface area contributed by atoms with Crippen LogP contribution in [0, 0.1) is 5.82 Å². The molecule has 0 spiro atoms. The molecule has 0 bridgehead atoms. The average Bonchev–Trinajstić information content (AvgIpc) is 2.79. The molecule has 1 fully saturated rings. The van der Waals surface area contributed by atoms with E-state index < -0.39 is 10.0 Å². The summed E-state index contributed by atoms with van der Waals surface area (Å²) in [5.74, 6) is 1.31. The van der Waals surface area contributed by atoms with E-state index in [0.717, 1.165) is 22.8 Å². The van der Waals surface area contributed by atoms with Gasteiger partial charge in [0, 0.05) is 63.7 Å². The Balaban J connectivity index is 1.58. The summed E-state index contributed by atoms with van der Waals surface area (Å²) in [6.07, 6.45) is 7.35. The van der Waals surface area contributed by atoms with Crippen LogP contribution in [0.4, 0.5) is 10.2 Å². The molecule has 2 aromatic heterocycles. The monoisotopic (exact) mass is 470 g/mol. The normalized spacial score (nSPS) is 16.0. The van der Waals surface area contributed by atoms with Crippen molar-refractivity contribution in [1.29, 1.82) is 0 Å². The molecule has 1 atom stereocenters. The molecule has 8 nitrogen and oxygen atoms in total. The Kier molecular flexibility index (Phi) is 6.94. The van der Waals surface area contributed by atoms with Crippen LogP contribution in [0.5, 0.6) is 0 Å². The number of rotatable bonds is 7. The Bertz CT molecular complexity index is 1180. The van der Waals surface area contributed by atoms with Crippen LogP contribution in [-0.4, -0.2) is 65.1 Å². The van der Waals surface area contributed by atoms with Crippen molar-refractivity contribution < 1.29 is 12.8 Å². The number of piperazine rings is 1. The van der Waals surface area contributed by atoms with E-state index in [2.05, 4.69) is 21.8 Å². The maximum atomic E-state index is 13.3. The van der Waals surface area contributed by atoms with Crippen molar-refractivity contribution in [2.45, 2.75) is 25.7 Å². The van der Waals surface area contributed by atoms with Crippen LogP contribution in [-0.2, 0) is 22.9 Å². The highest BCUT2D eigenvalue weighted by molar-refractivity contribution is 7.88. The summed E-state index contributed by atoms with van der Waals surface area (Å²) >= 11 is 0. The maximum Gasteiger partial charge on any atom is 0.211 e. The van der Waals surface area contributed by atoms with Gasteiger partial charge in [0.2, 0.25) is 10.0 Å². The van der Waals surface area contributed by atoms with E-state index in [4.69, 9.17) is 9.97 Å². The topological polar surface area (TPSA) is 92.2 Å². The lowest BCUT2D eigenvalue weighted by Gasteiger charge is -2.34. The summed E-state index contributed by atoms with van der Waals surface area (Å²) < 4.78 is 38.5. The van der Waals surface area contributed by atoms with E-state index in [1.54, 1.807) is 30.7 Å². The second-order valence-corrected chi connectivity index (χ2v) is 10.3. The summed E-state index contributed by atoms with van der Waals surface area (Å²) in [4.78, 5) is 20.2. The number of nitrogens with zero attached hydrogens (tertiary/aromatic N) is 6. The second kappa shape index (κ2) is 9.88. The van der Waals surface area contributed by atoms with Gasteiger partial charge in [-0.25, -0.2) is 22.8 Å². The van der Waals surface area contributed by atoms with Gasteiger partial charge >= 0.3 is 0 Å². The van der Waals surface area contributed by atoms with Crippen molar-refractivity contribution in [1.82, 2.24) is 24.2 Å². The van der Waals surface area contributed by atoms with Crippen molar-refractivity contribution in [3.05, 3.63) is 77.5 Å². The molecule has 0 radical (unpaired) electrons. The lowest BCUT2D eigenvalue weighted by Crippen LogP contribution is -2.48. The van der Waals surface area contributed by atoms with Crippen LogP contribution in [0.25, 0.3) is 0 Å². The summed E-state index contributed by atoms with van der Waals surface area (Å²) in [5, 5.41) is 0. The van der Waals surface area contributed by atoms with E-state index in [-0.39, 0.29) is 11.7 Å². The molecule has 3 aromatic rings. The van der Waals surface area contributed by atoms with E-state index >= 15 is 0 Å². The molecular formula is C23H27FN6O2S. The van der Waals surface area contributed by atoms with Crippen molar-refractivity contribution in [2.75, 3.05) is 37.3 Å². The Morgan fingerprint density at radius 2 is 1.76 bits per heavy atom. The lowest BCUT2D eigenvalue weighted by atomic mass is 9.97. The first kappa shape index (κ1) is 23.2. The van der Waals surface area contributed by atoms with Crippen molar-refractivity contribution in [2.24, 2.45) is 0 Å². The minimum absolute atomic E-state index is 0.104. The van der Waals surface area contributed by atoms with Gasteiger partial charge in [0.05, 0.1) is 17.6 Å². The molecule has 10 heteroatoms. The van der Waals surface area contributed by atoms with Crippen LogP contribution in [0.15, 0.2) is 48.9 Å². The quantitative estimate of drug-likeness (QED) is 0.524. The molecule has 0 amide bonds. The van der Waals surface area contributed by atoms with Gasteiger partial charge in [0.1, 0.15) is 17.5 Å². The van der Waals surface area contributed by atoms with Gasteiger partial charge in [0.25, 0.3) is 0 Å². The highest BCUT2D eigenvalue weighted by atomic mass is 32.2. The lowest BCUT2D eigenvalue weighted by molar-refractivity contribution is 0.386. The van der Waals surface area contributed by atoms with Crippen molar-refractivity contribution >= 4 is 15.8 Å². The number of halogens is 1. The number of benzene rings is 1. The third-order valence-corrected chi connectivity index (χ3v) is 7.05. The Hall–Kier alpha value is -2.98. The van der Waals surface area contributed by atoms with Gasteiger partial charge in [-0.05, 0) is 23.6 Å². The van der Waals surface area contributed by atoms with Crippen molar-refractivity contribution in [3.8, 4) is 0 Å². The summed E-state index contributed by atoms with van der Waals surface area (Å²) in [5.41, 5.74) is 2.65. The standard InChI is InChI=1S/C23H27FN6O2S/c1-17(18-3-5-19(24)6-4-18)13-22-27-20(14-21-16-25-7-8-26-21)15-23(28-22)29-9-11-30(12-10-29)33(2,31)32/h3-8,15-17H,9-14H2,1-2H3/t17-/m1/s1. The molecular weight excluding hydrogens is 443 g/mol. The van der Waals surface area contributed by atoms with E-state index in [9.17, 15) is 12.8 Å². The predicted octanol–water partition coefficient (Wildman–Crippen LogP) is 2.42. The molecule has 1 aliphatic rings. The van der Waals surface area contributed by atoms with E-state index in [1.165, 1.54) is 22.7 Å². The Morgan fingerprint density at radius 3 is 2.39 bits per heavy atom. The molecule has 0 aliphatic carbocycles. The fourth-order valence-corrected chi connectivity index (χ4v) is 4.75. The van der Waals surface area contributed by atoms with Crippen LogP contribution in [0.3, 0.4) is 0 Å². The van der Waals surface area contributed by atoms with Gasteiger partial charge in [-0.15, -0.1) is 0 Å². The smallest absolute Gasteiger partial charge is 0.211 e. The van der Waals surface area contributed by atoms with Crippen LogP contribution in [0.2, 0.25) is 0 Å². The van der Waals surface area contributed by atoms with E-state index in [0.29, 0.717) is 44.8 Å². The number of sulfonamides is 1. The highest BCUT2D eigenvalue weighted by Gasteiger charge is 2.25. The van der Waals surface area contributed by atoms with Crippen LogP contribution >= 0.6 is 0 Å². The first-order valence-electron chi connectivity index (χ1n) is 10.8. The van der Waals surface area contributed by atoms with Gasteiger partial charge < -0.3 is 4.90 Å². The van der Waals surface area contributed by atoms with Crippen LogP contribution < -0.4 is 4.90 Å². The molecule has 0 saturated carbocycles. The molecule has 1 aliphatic heterocycles. The number of hydrogen-bond donors (Lipinski definition) is 0. The first-order chi connectivity index (χ1) is 15.8. The molecule has 0 N–H and O–H groups in total. The fourth-order valence-electron chi connectivity index (χ4n) is 3.92. The molecule has 3 heterocycles. The minimum Gasteiger partial charge on any atom is -0.354 e. The molecule has 1 saturated heterocycles. The number of hydrogen-bond acceptors (Lipinski definition) is 7. The fraction of sp³-hybridized carbons (Fsp3) is 0.391. The summed E-state index contributed by atoms with van der Waals surface area (Å²) in [6.45, 7) is 4.02.